The molecule has 1 amide bonds. The Labute approximate surface area is 128 Å². The van der Waals surface area contributed by atoms with Gasteiger partial charge in [-0.1, -0.05) is 6.07 Å². The zero-order chi connectivity index (χ0) is 15.9. The van der Waals surface area contributed by atoms with Gasteiger partial charge in [0.2, 0.25) is 5.91 Å². The summed E-state index contributed by atoms with van der Waals surface area (Å²) in [5.74, 6) is 0.458. The summed E-state index contributed by atoms with van der Waals surface area (Å²) < 4.78 is 0. The number of rotatable bonds is 4. The van der Waals surface area contributed by atoms with Gasteiger partial charge in [-0.05, 0) is 30.7 Å². The highest BCUT2D eigenvalue weighted by molar-refractivity contribution is 5.93. The van der Waals surface area contributed by atoms with Gasteiger partial charge in [0.1, 0.15) is 0 Å². The summed E-state index contributed by atoms with van der Waals surface area (Å²) in [6.07, 6.45) is 2.22. The first-order valence-electron chi connectivity index (χ1n) is 7.50. The molecule has 22 heavy (non-hydrogen) atoms. The molecule has 3 rings (SSSR count). The molecule has 3 unspecified atom stereocenters. The Hall–Kier alpha value is -1.99. The number of hydrogen-bond donors (Lipinski definition) is 2. The van der Waals surface area contributed by atoms with Crippen LogP contribution in [0.3, 0.4) is 0 Å². The number of carbonyl (C=O) groups is 1. The lowest BCUT2D eigenvalue weighted by Crippen LogP contribution is -2.30. The fourth-order valence-corrected chi connectivity index (χ4v) is 3.79. The summed E-state index contributed by atoms with van der Waals surface area (Å²) in [7, 11) is 0. The van der Waals surface area contributed by atoms with E-state index in [0.29, 0.717) is 23.9 Å². The monoisotopic (exact) mass is 304 g/mol. The normalized spacial score (nSPS) is 27.8. The Balaban J connectivity index is 1.78. The third-order valence-corrected chi connectivity index (χ3v) is 4.95. The first kappa shape index (κ1) is 14.9. The molecule has 3 atom stereocenters. The van der Waals surface area contributed by atoms with Crippen molar-refractivity contribution in [3.63, 3.8) is 0 Å². The van der Waals surface area contributed by atoms with E-state index in [0.717, 1.165) is 25.9 Å². The molecule has 118 valence electrons. The minimum absolute atomic E-state index is 0.0438. The summed E-state index contributed by atoms with van der Waals surface area (Å²) in [4.78, 5) is 24.2. The van der Waals surface area contributed by atoms with Crippen LogP contribution in [0, 0.1) is 22.0 Å². The van der Waals surface area contributed by atoms with Crippen LogP contribution in [-0.2, 0) is 6.54 Å². The zero-order valence-electron chi connectivity index (χ0n) is 12.3. The fourth-order valence-electron chi connectivity index (χ4n) is 3.79. The molecule has 1 aromatic rings. The maximum absolute atomic E-state index is 11.2. The number of benzene rings is 1. The van der Waals surface area contributed by atoms with Crippen molar-refractivity contribution in [2.75, 3.05) is 13.1 Å². The number of amides is 1. The van der Waals surface area contributed by atoms with Crippen LogP contribution in [-0.4, -0.2) is 34.9 Å². The number of carbonyl (C=O) groups excluding carboxylic acids is 1. The summed E-state index contributed by atoms with van der Waals surface area (Å²) in [6, 6.07) is 4.70. The molecule has 1 saturated heterocycles. The van der Waals surface area contributed by atoms with E-state index in [1.807, 2.05) is 0 Å². The highest BCUT2D eigenvalue weighted by Gasteiger charge is 2.41. The van der Waals surface area contributed by atoms with E-state index in [-0.39, 0.29) is 17.3 Å². The quantitative estimate of drug-likeness (QED) is 0.632. The van der Waals surface area contributed by atoms with Crippen molar-refractivity contribution in [3.8, 4) is 0 Å². The highest BCUT2D eigenvalue weighted by atomic mass is 16.6. The SMILES string of the molecule is NC(=O)c1ccc(CN2CC3CCC(N)C3C2)c([N+](=O)[O-])c1. The fraction of sp³-hybridized carbons (Fsp3) is 0.533. The van der Waals surface area contributed by atoms with E-state index in [1.54, 1.807) is 12.1 Å². The molecule has 1 heterocycles. The van der Waals surface area contributed by atoms with Gasteiger partial charge in [0.15, 0.2) is 0 Å². The second-order valence-electron chi connectivity index (χ2n) is 6.32. The average Bonchev–Trinajstić information content (AvgIpc) is 3.01. The second-order valence-corrected chi connectivity index (χ2v) is 6.32. The zero-order valence-corrected chi connectivity index (χ0v) is 12.3. The van der Waals surface area contributed by atoms with E-state index in [9.17, 15) is 14.9 Å². The van der Waals surface area contributed by atoms with Crippen LogP contribution in [0.4, 0.5) is 5.69 Å². The maximum atomic E-state index is 11.2. The van der Waals surface area contributed by atoms with Crippen LogP contribution < -0.4 is 11.5 Å². The average molecular weight is 304 g/mol. The topological polar surface area (TPSA) is 115 Å². The van der Waals surface area contributed by atoms with Gasteiger partial charge in [-0.3, -0.25) is 19.8 Å². The van der Waals surface area contributed by atoms with E-state index < -0.39 is 10.8 Å². The number of nitro groups is 1. The standard InChI is InChI=1S/C15H20N4O3/c16-13-4-3-10-6-18(8-12(10)13)7-11-2-1-9(15(17)20)5-14(11)19(21)22/h1-2,5,10,12-13H,3-4,6-8,16H2,(H2,17,20). The van der Waals surface area contributed by atoms with Crippen LogP contribution >= 0.6 is 0 Å². The lowest BCUT2D eigenvalue weighted by Gasteiger charge is -2.18. The van der Waals surface area contributed by atoms with Crippen LogP contribution in [0.15, 0.2) is 18.2 Å². The second kappa shape index (κ2) is 5.66. The largest absolute Gasteiger partial charge is 0.366 e. The first-order valence-corrected chi connectivity index (χ1v) is 7.50. The molecule has 0 spiro atoms. The van der Waals surface area contributed by atoms with Crippen molar-refractivity contribution in [2.24, 2.45) is 23.3 Å². The lowest BCUT2D eigenvalue weighted by molar-refractivity contribution is -0.385. The van der Waals surface area contributed by atoms with Crippen LogP contribution in [0.25, 0.3) is 0 Å². The Bertz CT molecular complexity index is 619. The van der Waals surface area contributed by atoms with Gasteiger partial charge in [0.05, 0.1) is 4.92 Å². The summed E-state index contributed by atoms with van der Waals surface area (Å²) in [6.45, 7) is 2.34. The Morgan fingerprint density at radius 2 is 2.14 bits per heavy atom. The van der Waals surface area contributed by atoms with Gasteiger partial charge in [-0.15, -0.1) is 0 Å². The van der Waals surface area contributed by atoms with Crippen molar-refractivity contribution in [3.05, 3.63) is 39.4 Å². The van der Waals surface area contributed by atoms with Crippen LogP contribution in [0.2, 0.25) is 0 Å². The van der Waals surface area contributed by atoms with E-state index in [1.165, 1.54) is 6.07 Å². The molecule has 1 aliphatic carbocycles. The van der Waals surface area contributed by atoms with Crippen LogP contribution in [0.1, 0.15) is 28.8 Å². The van der Waals surface area contributed by atoms with Crippen molar-refractivity contribution in [1.82, 2.24) is 4.90 Å². The highest BCUT2D eigenvalue weighted by Crippen LogP contribution is 2.38. The van der Waals surface area contributed by atoms with Crippen molar-refractivity contribution >= 4 is 11.6 Å². The molecule has 1 aromatic carbocycles. The molecule has 4 N–H and O–H groups in total. The Kier molecular flexibility index (Phi) is 3.84. The third kappa shape index (κ3) is 2.69. The molecule has 0 radical (unpaired) electrons. The van der Waals surface area contributed by atoms with E-state index in [2.05, 4.69) is 4.90 Å². The molecule has 1 saturated carbocycles. The van der Waals surface area contributed by atoms with Gasteiger partial charge >= 0.3 is 0 Å². The lowest BCUT2D eigenvalue weighted by atomic mass is 9.98. The molecule has 2 aliphatic rings. The maximum Gasteiger partial charge on any atom is 0.274 e. The van der Waals surface area contributed by atoms with Gasteiger partial charge in [0, 0.05) is 42.9 Å². The van der Waals surface area contributed by atoms with Gasteiger partial charge in [-0.2, -0.15) is 0 Å². The number of nitrogens with two attached hydrogens (primary N) is 2. The van der Waals surface area contributed by atoms with E-state index >= 15 is 0 Å². The molecule has 0 bridgehead atoms. The number of likely N-dealkylation sites (tertiary alicyclic amines) is 1. The van der Waals surface area contributed by atoms with Gasteiger partial charge in [-0.25, -0.2) is 0 Å². The molecule has 2 fully saturated rings. The first-order chi connectivity index (χ1) is 10.5. The van der Waals surface area contributed by atoms with Crippen molar-refractivity contribution in [2.45, 2.75) is 25.4 Å². The minimum atomic E-state index is -0.656. The van der Waals surface area contributed by atoms with Gasteiger partial charge in [0.25, 0.3) is 5.69 Å². The predicted molar refractivity (Wildman–Crippen MR) is 81.1 cm³/mol. The molecule has 0 aromatic heterocycles. The molecular weight excluding hydrogens is 284 g/mol. The number of hydrogen-bond acceptors (Lipinski definition) is 5. The minimum Gasteiger partial charge on any atom is -0.366 e. The molecule has 7 heteroatoms. The van der Waals surface area contributed by atoms with Gasteiger partial charge < -0.3 is 11.5 Å². The number of fused-ring (bicyclic) bond motifs is 1. The van der Waals surface area contributed by atoms with E-state index in [4.69, 9.17) is 11.5 Å². The van der Waals surface area contributed by atoms with Crippen molar-refractivity contribution in [1.29, 1.82) is 0 Å². The van der Waals surface area contributed by atoms with Crippen molar-refractivity contribution < 1.29 is 9.72 Å². The number of nitro benzene ring substituents is 1. The molecule has 1 aliphatic heterocycles. The Morgan fingerprint density at radius 3 is 2.77 bits per heavy atom. The molecular formula is C15H20N4O3. The third-order valence-electron chi connectivity index (χ3n) is 4.95. The summed E-state index contributed by atoms with van der Waals surface area (Å²) >= 11 is 0. The van der Waals surface area contributed by atoms with Crippen LogP contribution in [0.5, 0.6) is 0 Å². The molecule has 7 nitrogen and oxygen atoms in total. The smallest absolute Gasteiger partial charge is 0.274 e. The number of primary amides is 1. The summed E-state index contributed by atoms with van der Waals surface area (Å²) in [5.41, 5.74) is 12.0. The summed E-state index contributed by atoms with van der Waals surface area (Å²) in [5, 5.41) is 11.2. The predicted octanol–water partition coefficient (Wildman–Crippen LogP) is 0.863. The Morgan fingerprint density at radius 1 is 1.36 bits per heavy atom. The number of nitrogens with zero attached hydrogens (tertiary/aromatic N) is 2.